The van der Waals surface area contributed by atoms with E-state index in [-0.39, 0.29) is 11.0 Å². The largest absolute Gasteiger partial charge is 0.487 e. The molecule has 0 aliphatic rings. The summed E-state index contributed by atoms with van der Waals surface area (Å²) in [6.07, 6.45) is 4.66. The summed E-state index contributed by atoms with van der Waals surface area (Å²) in [5.41, 5.74) is 0.673. The van der Waals surface area contributed by atoms with Crippen molar-refractivity contribution in [2.24, 2.45) is 0 Å². The molecule has 0 spiro atoms. The smallest absolute Gasteiger partial charge is 0.346 e. The van der Waals surface area contributed by atoms with E-state index in [1.54, 1.807) is 19.3 Å². The molecule has 0 aliphatic heterocycles. The quantitative estimate of drug-likeness (QED) is 0.709. The number of aromatic nitrogens is 3. The molecule has 124 valence electrons. The zero-order valence-corrected chi connectivity index (χ0v) is 14.0. The number of rotatable bonds is 6. The molecule has 0 saturated carbocycles. The van der Waals surface area contributed by atoms with Crippen LogP contribution in [0.2, 0.25) is 0 Å². The van der Waals surface area contributed by atoms with E-state index in [0.29, 0.717) is 28.5 Å². The number of carbonyl (C=O) groups is 1. The van der Waals surface area contributed by atoms with Crippen molar-refractivity contribution in [1.29, 1.82) is 0 Å². The zero-order valence-electron chi connectivity index (χ0n) is 13.2. The number of nitrogens with one attached hydrogen (secondary N) is 1. The number of aromatic carboxylic acids is 1. The number of fused-ring (bicyclic) bond motifs is 1. The molecule has 3 heterocycles. The van der Waals surface area contributed by atoms with Crippen LogP contribution < -0.4 is 10.1 Å². The second-order valence-corrected chi connectivity index (χ2v) is 6.26. The summed E-state index contributed by atoms with van der Waals surface area (Å²) in [7, 11) is 0. The number of hydrogen-bond acceptors (Lipinski definition) is 7. The maximum absolute atomic E-state index is 11.3. The Hall–Kier alpha value is -2.74. The average Bonchev–Trinajstić information content (AvgIpc) is 2.92. The van der Waals surface area contributed by atoms with Gasteiger partial charge in [-0.2, -0.15) is 0 Å². The van der Waals surface area contributed by atoms with Gasteiger partial charge in [-0.1, -0.05) is 0 Å². The van der Waals surface area contributed by atoms with Crippen LogP contribution in [-0.2, 0) is 0 Å². The van der Waals surface area contributed by atoms with Crippen LogP contribution >= 0.6 is 11.3 Å². The Bertz CT molecular complexity index is 866. The van der Waals surface area contributed by atoms with Crippen LogP contribution in [-0.4, -0.2) is 38.7 Å². The molecule has 0 fully saturated rings. The monoisotopic (exact) mass is 344 g/mol. The average molecular weight is 344 g/mol. The van der Waals surface area contributed by atoms with Crippen LogP contribution in [0, 0.1) is 6.92 Å². The summed E-state index contributed by atoms with van der Waals surface area (Å²) >= 11 is 1.15. The lowest BCUT2D eigenvalue weighted by Crippen LogP contribution is -2.23. The Kier molecular flexibility index (Phi) is 4.57. The van der Waals surface area contributed by atoms with Gasteiger partial charge < -0.3 is 15.2 Å². The Labute approximate surface area is 142 Å². The van der Waals surface area contributed by atoms with Crippen LogP contribution in [0.3, 0.4) is 0 Å². The van der Waals surface area contributed by atoms with Gasteiger partial charge >= 0.3 is 5.97 Å². The molecule has 1 atom stereocenters. The first-order valence-corrected chi connectivity index (χ1v) is 8.16. The molecule has 7 nitrogen and oxygen atoms in total. The Morgan fingerprint density at radius 3 is 3.00 bits per heavy atom. The summed E-state index contributed by atoms with van der Waals surface area (Å²) in [6, 6.07) is 3.65. The molecular formula is C16H16N4O3S. The molecule has 2 N–H and O–H groups in total. The number of carboxylic acids is 1. The van der Waals surface area contributed by atoms with Crippen molar-refractivity contribution in [2.45, 2.75) is 20.0 Å². The fourth-order valence-electron chi connectivity index (χ4n) is 2.34. The van der Waals surface area contributed by atoms with Crippen LogP contribution in [0.5, 0.6) is 5.75 Å². The second kappa shape index (κ2) is 6.79. The minimum Gasteiger partial charge on any atom is -0.487 e. The predicted octanol–water partition coefficient (Wildman–Crippen LogP) is 2.97. The molecule has 0 unspecified atom stereocenters. The highest BCUT2D eigenvalue weighted by atomic mass is 32.1. The van der Waals surface area contributed by atoms with Crippen LogP contribution in [0.15, 0.2) is 30.9 Å². The zero-order chi connectivity index (χ0) is 17.1. The molecule has 0 radical (unpaired) electrons. The first-order chi connectivity index (χ1) is 11.6. The van der Waals surface area contributed by atoms with E-state index in [4.69, 9.17) is 4.74 Å². The van der Waals surface area contributed by atoms with Crippen molar-refractivity contribution in [2.75, 3.05) is 11.9 Å². The van der Waals surface area contributed by atoms with Gasteiger partial charge in [-0.15, -0.1) is 11.3 Å². The van der Waals surface area contributed by atoms with Gasteiger partial charge in [-0.25, -0.2) is 14.8 Å². The van der Waals surface area contributed by atoms with Crippen molar-refractivity contribution in [3.63, 3.8) is 0 Å². The van der Waals surface area contributed by atoms with Gasteiger partial charge in [0, 0.05) is 6.20 Å². The van der Waals surface area contributed by atoms with E-state index < -0.39 is 5.97 Å². The predicted molar refractivity (Wildman–Crippen MR) is 91.9 cm³/mol. The Morgan fingerprint density at radius 1 is 1.46 bits per heavy atom. The highest BCUT2D eigenvalue weighted by Gasteiger charge is 2.18. The molecular weight excluding hydrogens is 328 g/mol. The number of carboxylic acid groups (broad SMARTS) is 1. The van der Waals surface area contributed by atoms with E-state index in [1.807, 2.05) is 19.1 Å². The number of aryl methyl sites for hydroxylation is 1. The van der Waals surface area contributed by atoms with Gasteiger partial charge in [0.1, 0.15) is 33.7 Å². The molecule has 24 heavy (non-hydrogen) atoms. The van der Waals surface area contributed by atoms with Crippen LogP contribution in [0.4, 0.5) is 5.82 Å². The summed E-state index contributed by atoms with van der Waals surface area (Å²) in [4.78, 5) is 24.6. The van der Waals surface area contributed by atoms with E-state index >= 15 is 0 Å². The first kappa shape index (κ1) is 16.1. The minimum absolute atomic E-state index is 0.114. The Morgan fingerprint density at radius 2 is 2.29 bits per heavy atom. The van der Waals surface area contributed by atoms with Gasteiger partial charge in [-0.3, -0.25) is 4.98 Å². The third kappa shape index (κ3) is 3.28. The molecule has 0 amide bonds. The van der Waals surface area contributed by atoms with Crippen LogP contribution in [0.25, 0.3) is 10.2 Å². The summed E-state index contributed by atoms with van der Waals surface area (Å²) in [5, 5.41) is 13.2. The lowest BCUT2D eigenvalue weighted by atomic mass is 10.2. The number of nitrogens with zero attached hydrogens (tertiary/aromatic N) is 3. The van der Waals surface area contributed by atoms with Gasteiger partial charge in [0.25, 0.3) is 0 Å². The molecule has 0 aromatic carbocycles. The number of ether oxygens (including phenoxy) is 1. The fourth-order valence-corrected chi connectivity index (χ4v) is 3.33. The van der Waals surface area contributed by atoms with Crippen LogP contribution in [0.1, 0.15) is 22.2 Å². The van der Waals surface area contributed by atoms with E-state index in [1.165, 1.54) is 6.33 Å². The Balaban J connectivity index is 1.76. The summed E-state index contributed by atoms with van der Waals surface area (Å²) in [5.74, 6) is 0.358. The van der Waals surface area contributed by atoms with Crippen molar-refractivity contribution >= 4 is 33.3 Å². The number of pyridine rings is 1. The molecule has 3 rings (SSSR count). The fraction of sp³-hybridized carbons (Fsp3) is 0.250. The summed E-state index contributed by atoms with van der Waals surface area (Å²) in [6.45, 7) is 4.21. The van der Waals surface area contributed by atoms with E-state index in [9.17, 15) is 9.90 Å². The highest BCUT2D eigenvalue weighted by molar-refractivity contribution is 7.20. The summed E-state index contributed by atoms with van der Waals surface area (Å²) < 4.78 is 5.76. The second-order valence-electron chi connectivity index (χ2n) is 5.26. The van der Waals surface area contributed by atoms with Crippen molar-refractivity contribution in [1.82, 2.24) is 15.0 Å². The van der Waals surface area contributed by atoms with Gasteiger partial charge in [0.05, 0.1) is 18.1 Å². The molecule has 8 heteroatoms. The SMILES string of the molecule is Cc1c(C(=O)O)sc2ncnc(NC[C@H](C)Oc3cccnc3)c12. The van der Waals surface area contributed by atoms with E-state index in [0.717, 1.165) is 16.7 Å². The number of anilines is 1. The lowest BCUT2D eigenvalue weighted by molar-refractivity contribution is 0.0701. The highest BCUT2D eigenvalue weighted by Crippen LogP contribution is 2.33. The molecule has 3 aromatic rings. The van der Waals surface area contributed by atoms with Gasteiger partial charge in [0.15, 0.2) is 0 Å². The number of thiophene rings is 1. The molecule has 3 aromatic heterocycles. The molecule has 0 bridgehead atoms. The van der Waals surface area contributed by atoms with Crippen molar-refractivity contribution < 1.29 is 14.6 Å². The van der Waals surface area contributed by atoms with E-state index in [2.05, 4.69) is 20.3 Å². The van der Waals surface area contributed by atoms with Crippen molar-refractivity contribution in [3.8, 4) is 5.75 Å². The van der Waals surface area contributed by atoms with Gasteiger partial charge in [-0.05, 0) is 31.5 Å². The molecule has 0 saturated heterocycles. The normalized spacial score (nSPS) is 12.1. The lowest BCUT2D eigenvalue weighted by Gasteiger charge is -2.15. The topological polar surface area (TPSA) is 97.2 Å². The first-order valence-electron chi connectivity index (χ1n) is 7.34. The maximum Gasteiger partial charge on any atom is 0.346 e. The maximum atomic E-state index is 11.3. The van der Waals surface area contributed by atoms with Crippen molar-refractivity contribution in [3.05, 3.63) is 41.3 Å². The third-order valence-corrected chi connectivity index (χ3v) is 4.64. The minimum atomic E-state index is -0.949. The standard InChI is InChI=1S/C16H16N4O3S/c1-9(23-11-4-3-5-17-7-11)6-18-14-12-10(2)13(16(21)22)24-15(12)20-8-19-14/h3-5,7-9H,6H2,1-2H3,(H,21,22)(H,18,19,20)/t9-/m0/s1. The van der Waals surface area contributed by atoms with Gasteiger partial charge in [0.2, 0.25) is 0 Å². The molecule has 0 aliphatic carbocycles. The third-order valence-electron chi connectivity index (χ3n) is 3.45. The number of hydrogen-bond donors (Lipinski definition) is 2.